The quantitative estimate of drug-likeness (QED) is 0.185. The molecule has 0 spiro atoms. The number of amides is 1. The summed E-state index contributed by atoms with van der Waals surface area (Å²) in [6.07, 6.45) is 1.70. The molecule has 0 bridgehead atoms. The van der Waals surface area contributed by atoms with Crippen molar-refractivity contribution in [1.82, 2.24) is 9.88 Å². The van der Waals surface area contributed by atoms with Crippen LogP contribution in [0.15, 0.2) is 108 Å². The largest absolute Gasteiger partial charge is 0.339 e. The molecule has 1 aromatic heterocycles. The van der Waals surface area contributed by atoms with Crippen LogP contribution in [0.2, 0.25) is 5.02 Å². The number of hydrogen-bond acceptors (Lipinski definition) is 4. The number of likely N-dealkylation sites (tertiary alicyclic amines) is 1. The second-order valence-corrected chi connectivity index (χ2v) is 13.5. The van der Waals surface area contributed by atoms with Gasteiger partial charge in [0.25, 0.3) is 5.91 Å². The first-order valence-corrected chi connectivity index (χ1v) is 16.6. The average molecular weight is 611 g/mol. The second kappa shape index (κ2) is 12.7. The third kappa shape index (κ3) is 6.26. The summed E-state index contributed by atoms with van der Waals surface area (Å²) in [4.78, 5) is 22.7. The Morgan fingerprint density at radius 1 is 0.881 bits per heavy atom. The lowest BCUT2D eigenvalue weighted by atomic mass is 9.96. The number of hydrogen-bond donors (Lipinski definition) is 0. The summed E-state index contributed by atoms with van der Waals surface area (Å²) < 4.78 is 13.0. The number of thiazole rings is 1. The highest BCUT2D eigenvalue weighted by molar-refractivity contribution is 7.84. The summed E-state index contributed by atoms with van der Waals surface area (Å²) in [6, 6.07) is 33.5. The Kier molecular flexibility index (Phi) is 8.66. The zero-order chi connectivity index (χ0) is 29.1. The van der Waals surface area contributed by atoms with Crippen molar-refractivity contribution in [2.45, 2.75) is 36.3 Å². The molecule has 42 heavy (non-hydrogen) atoms. The maximum absolute atomic E-state index is 13.7. The monoisotopic (exact) mass is 610 g/mol. The fraction of sp³-hybridized carbons (Fsp3) is 0.200. The van der Waals surface area contributed by atoms with Gasteiger partial charge in [-0.3, -0.25) is 9.00 Å². The number of aryl methyl sites for hydroxylation is 1. The minimum atomic E-state index is -1.22. The van der Waals surface area contributed by atoms with E-state index in [9.17, 15) is 9.00 Å². The van der Waals surface area contributed by atoms with Gasteiger partial charge < -0.3 is 4.90 Å². The SMILES string of the molecule is Cc1ccc(-c2sc(C3CCN(C(=O)c4ccccc4CS(=O)c4ccccc4)CC3)nc2-c2ccc(Cl)cc2)cc1. The van der Waals surface area contributed by atoms with E-state index in [4.69, 9.17) is 16.6 Å². The number of piperidine rings is 1. The number of carbonyl (C=O) groups excluding carboxylic acids is 1. The number of carbonyl (C=O) groups is 1. The maximum atomic E-state index is 13.7. The van der Waals surface area contributed by atoms with E-state index in [0.29, 0.717) is 29.4 Å². The first-order valence-electron chi connectivity index (χ1n) is 14.1. The smallest absolute Gasteiger partial charge is 0.254 e. The predicted octanol–water partition coefficient (Wildman–Crippen LogP) is 8.77. The second-order valence-electron chi connectivity index (χ2n) is 10.6. The molecular formula is C35H31ClN2O2S2. The van der Waals surface area contributed by atoms with E-state index in [-0.39, 0.29) is 11.8 Å². The summed E-state index contributed by atoms with van der Waals surface area (Å²) in [5.74, 6) is 0.608. The van der Waals surface area contributed by atoms with Crippen LogP contribution in [0.4, 0.5) is 0 Å². The molecule has 1 aliphatic rings. The van der Waals surface area contributed by atoms with Crippen LogP contribution < -0.4 is 0 Å². The molecule has 2 heterocycles. The van der Waals surface area contributed by atoms with Crippen molar-refractivity contribution >= 4 is 39.6 Å². The van der Waals surface area contributed by atoms with Gasteiger partial charge in [-0.1, -0.05) is 90.0 Å². The minimum absolute atomic E-state index is 0.00967. The first kappa shape index (κ1) is 28.5. The number of nitrogens with zero attached hydrogens (tertiary/aromatic N) is 2. The summed E-state index contributed by atoms with van der Waals surface area (Å²) >= 11 is 7.94. The van der Waals surface area contributed by atoms with E-state index in [1.807, 2.05) is 83.8 Å². The third-order valence-corrected chi connectivity index (χ3v) is 10.6. The van der Waals surface area contributed by atoms with Gasteiger partial charge in [-0.25, -0.2) is 4.98 Å². The van der Waals surface area contributed by atoms with Crippen molar-refractivity contribution < 1.29 is 9.00 Å². The van der Waals surface area contributed by atoms with Gasteiger partial charge in [-0.2, -0.15) is 0 Å². The van der Waals surface area contributed by atoms with Crippen LogP contribution in [-0.2, 0) is 16.6 Å². The fourth-order valence-electron chi connectivity index (χ4n) is 5.37. The normalized spacial score (nSPS) is 14.6. The lowest BCUT2D eigenvalue weighted by Crippen LogP contribution is -2.38. The van der Waals surface area contributed by atoms with Crippen molar-refractivity contribution in [2.24, 2.45) is 0 Å². The van der Waals surface area contributed by atoms with Gasteiger partial charge >= 0.3 is 0 Å². The lowest BCUT2D eigenvalue weighted by molar-refractivity contribution is 0.0712. The molecule has 0 radical (unpaired) electrons. The number of benzene rings is 4. The average Bonchev–Trinajstić information content (AvgIpc) is 3.48. The zero-order valence-electron chi connectivity index (χ0n) is 23.3. The Morgan fingerprint density at radius 3 is 2.24 bits per heavy atom. The number of aromatic nitrogens is 1. The molecule has 0 aliphatic carbocycles. The zero-order valence-corrected chi connectivity index (χ0v) is 25.7. The van der Waals surface area contributed by atoms with Gasteiger partial charge in [-0.05, 0) is 61.2 Å². The molecule has 1 saturated heterocycles. The molecule has 212 valence electrons. The van der Waals surface area contributed by atoms with E-state index in [2.05, 4.69) is 31.2 Å². The molecule has 4 nitrogen and oxygen atoms in total. The highest BCUT2D eigenvalue weighted by atomic mass is 35.5. The Balaban J connectivity index is 1.20. The fourth-order valence-corrected chi connectivity index (χ4v) is 7.92. The van der Waals surface area contributed by atoms with Gasteiger partial charge in [0.1, 0.15) is 0 Å². The van der Waals surface area contributed by atoms with E-state index < -0.39 is 10.8 Å². The molecule has 5 aromatic rings. The van der Waals surface area contributed by atoms with Crippen LogP contribution in [0.5, 0.6) is 0 Å². The van der Waals surface area contributed by atoms with Crippen LogP contribution in [-0.4, -0.2) is 33.1 Å². The molecule has 1 fully saturated rings. The summed E-state index contributed by atoms with van der Waals surface area (Å²) in [5, 5.41) is 1.82. The van der Waals surface area contributed by atoms with Gasteiger partial charge in [0.2, 0.25) is 0 Å². The van der Waals surface area contributed by atoms with Crippen LogP contribution in [0.1, 0.15) is 45.3 Å². The topological polar surface area (TPSA) is 50.3 Å². The molecule has 4 aromatic carbocycles. The standard InChI is InChI=1S/C35H31ClN2O2S2/c1-24-11-13-26(14-12-24)33-32(25-15-17-29(36)18-16-25)37-34(41-33)27-19-21-38(22-20-27)35(39)31-10-6-5-7-28(31)23-42(40)30-8-3-2-4-9-30/h2-18,27H,19-23H2,1H3. The van der Waals surface area contributed by atoms with E-state index in [1.165, 1.54) is 5.56 Å². The summed E-state index contributed by atoms with van der Waals surface area (Å²) in [5.41, 5.74) is 5.88. The number of halogens is 1. The van der Waals surface area contributed by atoms with Crippen molar-refractivity contribution in [1.29, 1.82) is 0 Å². The first-order chi connectivity index (χ1) is 20.5. The molecule has 6 rings (SSSR count). The van der Waals surface area contributed by atoms with Crippen LogP contribution in [0.3, 0.4) is 0 Å². The van der Waals surface area contributed by atoms with E-state index in [0.717, 1.165) is 50.0 Å². The van der Waals surface area contributed by atoms with Crippen molar-refractivity contribution in [3.63, 3.8) is 0 Å². The Hall–Kier alpha value is -3.58. The highest BCUT2D eigenvalue weighted by Crippen LogP contribution is 2.42. The van der Waals surface area contributed by atoms with Crippen LogP contribution in [0, 0.1) is 6.92 Å². The summed E-state index contributed by atoms with van der Waals surface area (Å²) in [6.45, 7) is 3.42. The molecule has 7 heteroatoms. The Morgan fingerprint density at radius 2 is 1.52 bits per heavy atom. The summed E-state index contributed by atoms with van der Waals surface area (Å²) in [7, 11) is -1.22. The van der Waals surface area contributed by atoms with Gasteiger partial charge in [-0.15, -0.1) is 11.3 Å². The minimum Gasteiger partial charge on any atom is -0.339 e. The van der Waals surface area contributed by atoms with Gasteiger partial charge in [0, 0.05) is 40.1 Å². The van der Waals surface area contributed by atoms with Gasteiger partial charge in [0.05, 0.1) is 32.1 Å². The lowest BCUT2D eigenvalue weighted by Gasteiger charge is -2.31. The molecule has 0 saturated carbocycles. The van der Waals surface area contributed by atoms with Crippen molar-refractivity contribution in [3.05, 3.63) is 130 Å². The number of rotatable bonds is 7. The van der Waals surface area contributed by atoms with E-state index >= 15 is 0 Å². The molecule has 0 N–H and O–H groups in total. The van der Waals surface area contributed by atoms with Crippen LogP contribution in [0.25, 0.3) is 21.7 Å². The molecule has 1 unspecified atom stereocenters. The predicted molar refractivity (Wildman–Crippen MR) is 174 cm³/mol. The third-order valence-electron chi connectivity index (χ3n) is 7.75. The maximum Gasteiger partial charge on any atom is 0.254 e. The van der Waals surface area contributed by atoms with E-state index in [1.54, 1.807) is 11.3 Å². The Bertz CT molecular complexity index is 1650. The van der Waals surface area contributed by atoms with Crippen LogP contribution >= 0.6 is 22.9 Å². The van der Waals surface area contributed by atoms with Crippen molar-refractivity contribution in [3.8, 4) is 21.7 Å². The van der Waals surface area contributed by atoms with Crippen molar-refractivity contribution in [2.75, 3.05) is 13.1 Å². The van der Waals surface area contributed by atoms with Gasteiger partial charge in [0.15, 0.2) is 0 Å². The molecule has 1 amide bonds. The molecule has 1 aliphatic heterocycles. The molecule has 1 atom stereocenters. The molecular weight excluding hydrogens is 580 g/mol. The Labute approximate surface area is 258 Å². The highest BCUT2D eigenvalue weighted by Gasteiger charge is 2.29.